The van der Waals surface area contributed by atoms with Gasteiger partial charge in [0.05, 0.1) is 6.10 Å². The summed E-state index contributed by atoms with van der Waals surface area (Å²) in [5.74, 6) is -2.13. The zero-order valence-electron chi connectivity index (χ0n) is 7.56. The summed E-state index contributed by atoms with van der Waals surface area (Å²) in [5, 5.41) is 8.42. The van der Waals surface area contributed by atoms with Crippen molar-refractivity contribution in [3.63, 3.8) is 0 Å². The van der Waals surface area contributed by atoms with Gasteiger partial charge in [0.25, 0.3) is 0 Å². The van der Waals surface area contributed by atoms with Crippen molar-refractivity contribution in [3.8, 4) is 0 Å². The number of carboxylic acid groups (broad SMARTS) is 1. The predicted octanol–water partition coefficient (Wildman–Crippen LogP) is -1.32. The summed E-state index contributed by atoms with van der Waals surface area (Å²) in [6, 6.07) is -2.74. The summed E-state index contributed by atoms with van der Waals surface area (Å²) in [5.41, 5.74) is 10.3. The molecule has 0 aromatic rings. The Balaban J connectivity index is 4.17. The molecule has 0 fully saturated rings. The molecule has 0 spiro atoms. The molecule has 76 valence electrons. The number of nitrogens with two attached hydrogens (primary N) is 2. The number of hydrogen-bond donors (Lipinski definition) is 3. The van der Waals surface area contributed by atoms with E-state index in [0.717, 1.165) is 0 Å². The van der Waals surface area contributed by atoms with E-state index < -0.39 is 24.0 Å². The molecule has 0 heterocycles. The zero-order valence-corrected chi connectivity index (χ0v) is 7.56. The maximum atomic E-state index is 11.0. The SMILES string of the molecule is CC(C)OC(=O)C(N)C(N)C(=O)O. The highest BCUT2D eigenvalue weighted by Gasteiger charge is 2.28. The van der Waals surface area contributed by atoms with Crippen LogP contribution < -0.4 is 11.5 Å². The van der Waals surface area contributed by atoms with Crippen LogP contribution in [0.2, 0.25) is 0 Å². The van der Waals surface area contributed by atoms with Gasteiger partial charge in [0, 0.05) is 0 Å². The summed E-state index contributed by atoms with van der Waals surface area (Å²) in [6.07, 6.45) is -0.334. The molecule has 0 saturated carbocycles. The van der Waals surface area contributed by atoms with Gasteiger partial charge in [0.2, 0.25) is 0 Å². The molecule has 0 rings (SSSR count). The summed E-state index contributed by atoms with van der Waals surface area (Å²) < 4.78 is 4.68. The van der Waals surface area contributed by atoms with Crippen LogP contribution in [-0.4, -0.2) is 35.2 Å². The molecule has 5 N–H and O–H groups in total. The summed E-state index contributed by atoms with van der Waals surface area (Å²) >= 11 is 0. The minimum atomic E-state index is -1.42. The molecular weight excluding hydrogens is 176 g/mol. The Morgan fingerprint density at radius 3 is 2.00 bits per heavy atom. The lowest BCUT2D eigenvalue weighted by atomic mass is 10.1. The van der Waals surface area contributed by atoms with Crippen molar-refractivity contribution in [3.05, 3.63) is 0 Å². The van der Waals surface area contributed by atoms with Crippen molar-refractivity contribution in [2.75, 3.05) is 0 Å². The van der Waals surface area contributed by atoms with Gasteiger partial charge >= 0.3 is 11.9 Å². The topological polar surface area (TPSA) is 116 Å². The van der Waals surface area contributed by atoms with Crippen molar-refractivity contribution in [1.29, 1.82) is 0 Å². The van der Waals surface area contributed by atoms with Crippen LogP contribution in [0.25, 0.3) is 0 Å². The molecule has 13 heavy (non-hydrogen) atoms. The van der Waals surface area contributed by atoms with Crippen molar-refractivity contribution < 1.29 is 19.4 Å². The number of carboxylic acids is 1. The fraction of sp³-hybridized carbons (Fsp3) is 0.714. The molecule has 0 bridgehead atoms. The average molecular weight is 190 g/mol. The summed E-state index contributed by atoms with van der Waals surface area (Å²) in [4.78, 5) is 21.3. The zero-order chi connectivity index (χ0) is 10.6. The third kappa shape index (κ3) is 3.86. The number of ether oxygens (including phenoxy) is 1. The van der Waals surface area contributed by atoms with E-state index in [4.69, 9.17) is 16.6 Å². The second-order valence-electron chi connectivity index (χ2n) is 2.88. The highest BCUT2D eigenvalue weighted by Crippen LogP contribution is 1.95. The molecule has 0 saturated heterocycles. The molecule has 0 aliphatic heterocycles. The number of carbonyl (C=O) groups excluding carboxylic acids is 1. The van der Waals surface area contributed by atoms with Crippen LogP contribution in [0.4, 0.5) is 0 Å². The Labute approximate surface area is 75.8 Å². The Bertz CT molecular complexity index is 205. The van der Waals surface area contributed by atoms with E-state index in [1.807, 2.05) is 0 Å². The van der Waals surface area contributed by atoms with Crippen LogP contribution in [-0.2, 0) is 14.3 Å². The first-order chi connectivity index (χ1) is 5.86. The molecular formula is C7H14N2O4. The number of aliphatic carboxylic acids is 1. The monoisotopic (exact) mass is 190 g/mol. The first-order valence-corrected chi connectivity index (χ1v) is 3.80. The fourth-order valence-electron chi connectivity index (χ4n) is 0.611. The van der Waals surface area contributed by atoms with Gasteiger partial charge in [0.15, 0.2) is 0 Å². The van der Waals surface area contributed by atoms with Gasteiger partial charge < -0.3 is 21.3 Å². The van der Waals surface area contributed by atoms with Gasteiger partial charge in [-0.3, -0.25) is 9.59 Å². The number of carbonyl (C=O) groups is 2. The molecule has 2 unspecified atom stereocenters. The minimum Gasteiger partial charge on any atom is -0.480 e. The Kier molecular flexibility index (Phi) is 4.36. The van der Waals surface area contributed by atoms with E-state index in [-0.39, 0.29) is 6.10 Å². The summed E-state index contributed by atoms with van der Waals surface area (Å²) in [6.45, 7) is 3.27. The lowest BCUT2D eigenvalue weighted by molar-refractivity contribution is -0.153. The minimum absolute atomic E-state index is 0.334. The van der Waals surface area contributed by atoms with Gasteiger partial charge in [0.1, 0.15) is 12.1 Å². The van der Waals surface area contributed by atoms with Crippen molar-refractivity contribution in [2.45, 2.75) is 32.0 Å². The highest BCUT2D eigenvalue weighted by molar-refractivity contribution is 5.85. The lowest BCUT2D eigenvalue weighted by Crippen LogP contribution is -2.52. The van der Waals surface area contributed by atoms with Gasteiger partial charge in [-0.2, -0.15) is 0 Å². The van der Waals surface area contributed by atoms with Gasteiger partial charge in [-0.15, -0.1) is 0 Å². The van der Waals surface area contributed by atoms with Crippen LogP contribution >= 0.6 is 0 Å². The molecule has 0 aliphatic rings. The van der Waals surface area contributed by atoms with E-state index >= 15 is 0 Å². The van der Waals surface area contributed by atoms with Crippen LogP contribution in [0, 0.1) is 0 Å². The smallest absolute Gasteiger partial charge is 0.325 e. The average Bonchev–Trinajstić information content (AvgIpc) is 2.00. The third-order valence-corrected chi connectivity index (χ3v) is 1.30. The van der Waals surface area contributed by atoms with E-state index in [2.05, 4.69) is 4.74 Å². The Hall–Kier alpha value is -1.14. The van der Waals surface area contributed by atoms with E-state index in [1.165, 1.54) is 0 Å². The van der Waals surface area contributed by atoms with Crippen molar-refractivity contribution in [1.82, 2.24) is 0 Å². The first kappa shape index (κ1) is 11.9. The van der Waals surface area contributed by atoms with Crippen LogP contribution in [0.1, 0.15) is 13.8 Å². The van der Waals surface area contributed by atoms with Crippen LogP contribution in [0.15, 0.2) is 0 Å². The number of rotatable bonds is 4. The molecule has 0 amide bonds. The molecule has 0 radical (unpaired) electrons. The highest BCUT2D eigenvalue weighted by atomic mass is 16.5. The largest absolute Gasteiger partial charge is 0.480 e. The van der Waals surface area contributed by atoms with Gasteiger partial charge in [-0.25, -0.2) is 0 Å². The lowest BCUT2D eigenvalue weighted by Gasteiger charge is -2.16. The quantitative estimate of drug-likeness (QED) is 0.473. The molecule has 2 atom stereocenters. The summed E-state index contributed by atoms with van der Waals surface area (Å²) in [7, 11) is 0. The molecule has 6 heteroatoms. The van der Waals surface area contributed by atoms with Crippen molar-refractivity contribution in [2.24, 2.45) is 11.5 Å². The van der Waals surface area contributed by atoms with Gasteiger partial charge in [-0.1, -0.05) is 0 Å². The molecule has 0 aliphatic carbocycles. The van der Waals surface area contributed by atoms with E-state index in [1.54, 1.807) is 13.8 Å². The maximum Gasteiger partial charge on any atom is 0.325 e. The standard InChI is InChI=1S/C7H14N2O4/c1-3(2)13-7(12)5(9)4(8)6(10)11/h3-5H,8-9H2,1-2H3,(H,10,11). The second-order valence-corrected chi connectivity index (χ2v) is 2.88. The van der Waals surface area contributed by atoms with E-state index in [0.29, 0.717) is 0 Å². The molecule has 0 aromatic carbocycles. The number of esters is 1. The van der Waals surface area contributed by atoms with Crippen LogP contribution in [0.3, 0.4) is 0 Å². The second kappa shape index (κ2) is 4.78. The third-order valence-electron chi connectivity index (χ3n) is 1.30. The van der Waals surface area contributed by atoms with E-state index in [9.17, 15) is 9.59 Å². The van der Waals surface area contributed by atoms with Crippen molar-refractivity contribution >= 4 is 11.9 Å². The molecule has 6 nitrogen and oxygen atoms in total. The maximum absolute atomic E-state index is 11.0. The predicted molar refractivity (Wildman–Crippen MR) is 44.8 cm³/mol. The fourth-order valence-corrected chi connectivity index (χ4v) is 0.611. The molecule has 0 aromatic heterocycles. The first-order valence-electron chi connectivity index (χ1n) is 3.80. The Morgan fingerprint density at radius 1 is 1.23 bits per heavy atom. The normalized spacial score (nSPS) is 15.2. The Morgan fingerprint density at radius 2 is 1.69 bits per heavy atom. The van der Waals surface area contributed by atoms with Gasteiger partial charge in [-0.05, 0) is 13.8 Å². The van der Waals surface area contributed by atoms with Crippen LogP contribution in [0.5, 0.6) is 0 Å². The number of hydrogen-bond acceptors (Lipinski definition) is 5.